The van der Waals surface area contributed by atoms with Crippen LogP contribution < -0.4 is 0 Å². The van der Waals surface area contributed by atoms with Gasteiger partial charge < -0.3 is 14.2 Å². The number of hydrogen-bond acceptors (Lipinski definition) is 6. The minimum Gasteiger partial charge on any atom is -0.462 e. The quantitative estimate of drug-likeness (QED) is 0.0263. The molecule has 0 saturated carbocycles. The first-order chi connectivity index (χ1) is 31.0. The Balaban J connectivity index is 4.56. The summed E-state index contributed by atoms with van der Waals surface area (Å²) in [5, 5.41) is 0. The minimum atomic E-state index is -0.839. The van der Waals surface area contributed by atoms with Crippen LogP contribution in [0.5, 0.6) is 0 Å². The summed E-state index contributed by atoms with van der Waals surface area (Å²) in [6.45, 7) is 6.21. The van der Waals surface area contributed by atoms with E-state index in [0.717, 1.165) is 135 Å². The molecule has 0 aliphatic heterocycles. The van der Waals surface area contributed by atoms with Gasteiger partial charge in [0.2, 0.25) is 0 Å². The van der Waals surface area contributed by atoms with Crippen molar-refractivity contribution in [2.45, 2.75) is 194 Å². The Kier molecular flexibility index (Phi) is 46.7. The van der Waals surface area contributed by atoms with Crippen molar-refractivity contribution < 1.29 is 28.6 Å². The number of rotatable bonds is 42. The number of ether oxygens (including phenoxy) is 3. The highest BCUT2D eigenvalue weighted by atomic mass is 16.6. The fourth-order valence-electron chi connectivity index (χ4n) is 5.99. The van der Waals surface area contributed by atoms with Crippen LogP contribution in [0.3, 0.4) is 0 Å². The Morgan fingerprint density at radius 1 is 0.333 bits per heavy atom. The monoisotopic (exact) mass is 869 g/mol. The highest BCUT2D eigenvalue weighted by Crippen LogP contribution is 2.11. The molecule has 0 rings (SSSR count). The second kappa shape index (κ2) is 50.2. The molecule has 0 aliphatic carbocycles. The summed E-state index contributed by atoms with van der Waals surface area (Å²) in [5.74, 6) is -1.07. The third-order valence-electron chi connectivity index (χ3n) is 9.61. The van der Waals surface area contributed by atoms with Crippen LogP contribution in [0, 0.1) is 0 Å². The predicted molar refractivity (Wildman–Crippen MR) is 269 cm³/mol. The molecule has 0 fully saturated rings. The topological polar surface area (TPSA) is 78.9 Å². The zero-order valence-electron chi connectivity index (χ0n) is 40.0. The molecule has 0 radical (unpaired) electrons. The van der Waals surface area contributed by atoms with Crippen molar-refractivity contribution in [3.05, 3.63) is 134 Å². The molecular weight excluding hydrogens is 781 g/mol. The summed E-state index contributed by atoms with van der Waals surface area (Å²) < 4.78 is 16.6. The Labute approximate surface area is 385 Å². The normalized spacial score (nSPS) is 13.3. The van der Waals surface area contributed by atoms with E-state index in [-0.39, 0.29) is 31.6 Å². The fraction of sp³-hybridized carbons (Fsp3) is 0.561. The Morgan fingerprint density at radius 2 is 0.651 bits per heavy atom. The molecule has 0 bridgehead atoms. The van der Waals surface area contributed by atoms with Crippen LogP contribution in [0.15, 0.2) is 134 Å². The average Bonchev–Trinajstić information content (AvgIpc) is 3.28. The zero-order valence-corrected chi connectivity index (χ0v) is 40.0. The highest BCUT2D eigenvalue weighted by Gasteiger charge is 2.19. The number of hydrogen-bond donors (Lipinski definition) is 0. The van der Waals surface area contributed by atoms with Crippen LogP contribution in [-0.2, 0) is 28.6 Å². The van der Waals surface area contributed by atoms with E-state index in [2.05, 4.69) is 142 Å². The van der Waals surface area contributed by atoms with Crippen molar-refractivity contribution in [2.75, 3.05) is 13.2 Å². The molecule has 0 aromatic heterocycles. The molecule has 0 amide bonds. The van der Waals surface area contributed by atoms with Crippen LogP contribution in [-0.4, -0.2) is 37.2 Å². The second-order valence-electron chi connectivity index (χ2n) is 15.6. The molecule has 0 aliphatic rings. The van der Waals surface area contributed by atoms with Crippen LogP contribution >= 0.6 is 0 Å². The molecular formula is C57H88O6. The SMILES string of the molecule is CC/C=C\C/C=C\C/C=C\C/C=C\C/C=C\CCCCCC(=O)OCC(COC(=O)CCCCCCC/C=C\C/C=C\CCC)OC(=O)CC/C=C\C/C=C\C/C=C\C/C=C\CC. The standard InChI is InChI=1S/C57H88O6/c1-4-7-10-13-16-19-22-25-26-27-28-29-30-33-35-38-41-44-47-50-56(59)62-53-54(63-57(60)51-48-45-42-39-36-32-24-21-18-15-12-9-6-3)52-61-55(58)49-46-43-40-37-34-31-23-20-17-14-11-8-5-2/h7,9-12,14,16,18-21,23,25-26,28-29,32-33,35-36,42,45,54H,4-6,8,13,15,17,22,24,27,30-31,34,37-41,43-44,46-53H2,1-3H3/b10-7-,12-9-,14-11-,19-16-,21-18-,23-20-,26-25-,29-28-,35-33-,36-32-,45-42-. The molecule has 0 aromatic rings. The molecule has 0 saturated heterocycles. The van der Waals surface area contributed by atoms with E-state index in [4.69, 9.17) is 14.2 Å². The van der Waals surface area contributed by atoms with Gasteiger partial charge in [-0.05, 0) is 116 Å². The van der Waals surface area contributed by atoms with Crippen molar-refractivity contribution in [2.24, 2.45) is 0 Å². The van der Waals surface area contributed by atoms with Crippen LogP contribution in [0.1, 0.15) is 188 Å². The van der Waals surface area contributed by atoms with E-state index in [0.29, 0.717) is 19.3 Å². The van der Waals surface area contributed by atoms with Crippen LogP contribution in [0.2, 0.25) is 0 Å². The number of esters is 3. The first-order valence-corrected chi connectivity index (χ1v) is 24.7. The molecule has 6 heteroatoms. The molecule has 1 atom stereocenters. The lowest BCUT2D eigenvalue weighted by Gasteiger charge is -2.18. The number of unbranched alkanes of at least 4 members (excludes halogenated alkanes) is 9. The minimum absolute atomic E-state index is 0.130. The van der Waals surface area contributed by atoms with E-state index in [1.807, 2.05) is 12.2 Å². The maximum atomic E-state index is 12.7. The Hall–Kier alpha value is -4.45. The Bertz CT molecular complexity index is 1420. The molecule has 1 unspecified atom stereocenters. The van der Waals surface area contributed by atoms with E-state index < -0.39 is 12.1 Å². The lowest BCUT2D eigenvalue weighted by Crippen LogP contribution is -2.30. The summed E-state index contributed by atoms with van der Waals surface area (Å²) >= 11 is 0. The lowest BCUT2D eigenvalue weighted by molar-refractivity contribution is -0.166. The molecule has 6 nitrogen and oxygen atoms in total. The predicted octanol–water partition coefficient (Wildman–Crippen LogP) is 16.3. The second-order valence-corrected chi connectivity index (χ2v) is 15.6. The Morgan fingerprint density at radius 3 is 1.05 bits per heavy atom. The van der Waals surface area contributed by atoms with Crippen LogP contribution in [0.25, 0.3) is 0 Å². The van der Waals surface area contributed by atoms with Gasteiger partial charge in [0.1, 0.15) is 13.2 Å². The van der Waals surface area contributed by atoms with Gasteiger partial charge in [0.25, 0.3) is 0 Å². The summed E-state index contributed by atoms with van der Waals surface area (Å²) in [4.78, 5) is 37.9. The summed E-state index contributed by atoms with van der Waals surface area (Å²) in [7, 11) is 0. The molecule has 0 spiro atoms. The zero-order chi connectivity index (χ0) is 45.8. The molecule has 0 aromatic carbocycles. The maximum Gasteiger partial charge on any atom is 0.306 e. The van der Waals surface area contributed by atoms with E-state index in [1.54, 1.807) is 0 Å². The van der Waals surface area contributed by atoms with Gasteiger partial charge in [-0.2, -0.15) is 0 Å². The molecule has 63 heavy (non-hydrogen) atoms. The molecule has 0 heterocycles. The van der Waals surface area contributed by atoms with Gasteiger partial charge in [0.15, 0.2) is 6.10 Å². The van der Waals surface area contributed by atoms with Gasteiger partial charge in [-0.15, -0.1) is 0 Å². The average molecular weight is 869 g/mol. The summed E-state index contributed by atoms with van der Waals surface area (Å²) in [6.07, 6.45) is 70.2. The van der Waals surface area contributed by atoms with Gasteiger partial charge in [-0.25, -0.2) is 0 Å². The van der Waals surface area contributed by atoms with E-state index in [1.165, 1.54) is 6.42 Å². The smallest absolute Gasteiger partial charge is 0.306 e. The van der Waals surface area contributed by atoms with Crippen molar-refractivity contribution in [1.29, 1.82) is 0 Å². The third-order valence-corrected chi connectivity index (χ3v) is 9.61. The lowest BCUT2D eigenvalue weighted by atomic mass is 10.1. The molecule has 0 N–H and O–H groups in total. The number of carbonyl (C=O) groups excluding carboxylic acids is 3. The van der Waals surface area contributed by atoms with Gasteiger partial charge >= 0.3 is 17.9 Å². The first-order valence-electron chi connectivity index (χ1n) is 24.7. The van der Waals surface area contributed by atoms with Crippen LogP contribution in [0.4, 0.5) is 0 Å². The summed E-state index contributed by atoms with van der Waals surface area (Å²) in [5.41, 5.74) is 0. The van der Waals surface area contributed by atoms with Crippen molar-refractivity contribution in [3.8, 4) is 0 Å². The van der Waals surface area contributed by atoms with E-state index in [9.17, 15) is 14.4 Å². The molecule has 352 valence electrons. The van der Waals surface area contributed by atoms with Gasteiger partial charge in [-0.1, -0.05) is 187 Å². The van der Waals surface area contributed by atoms with Gasteiger partial charge in [0, 0.05) is 19.3 Å². The summed E-state index contributed by atoms with van der Waals surface area (Å²) in [6, 6.07) is 0. The van der Waals surface area contributed by atoms with E-state index >= 15 is 0 Å². The fourth-order valence-corrected chi connectivity index (χ4v) is 5.99. The third kappa shape index (κ3) is 48.4. The highest BCUT2D eigenvalue weighted by molar-refractivity contribution is 5.71. The van der Waals surface area contributed by atoms with Gasteiger partial charge in [0.05, 0.1) is 0 Å². The first kappa shape index (κ1) is 58.6. The van der Waals surface area contributed by atoms with Crippen molar-refractivity contribution in [1.82, 2.24) is 0 Å². The number of allylic oxidation sites excluding steroid dienone is 22. The van der Waals surface area contributed by atoms with Crippen molar-refractivity contribution in [3.63, 3.8) is 0 Å². The van der Waals surface area contributed by atoms with Crippen molar-refractivity contribution >= 4 is 17.9 Å². The number of carbonyl (C=O) groups is 3. The largest absolute Gasteiger partial charge is 0.462 e. The van der Waals surface area contributed by atoms with Gasteiger partial charge in [-0.3, -0.25) is 14.4 Å². The maximum absolute atomic E-state index is 12.7.